The van der Waals surface area contributed by atoms with E-state index < -0.39 is 0 Å². The zero-order valence-electron chi connectivity index (χ0n) is 14.3. The Hall–Kier alpha value is -2.80. The summed E-state index contributed by atoms with van der Waals surface area (Å²) in [7, 11) is 1.83. The van der Waals surface area contributed by atoms with Gasteiger partial charge in [-0.1, -0.05) is 11.3 Å². The lowest BCUT2D eigenvalue weighted by atomic mass is 10.1. The number of hydrogen-bond acceptors (Lipinski definition) is 5. The van der Waals surface area contributed by atoms with E-state index in [1.54, 1.807) is 15.8 Å². The van der Waals surface area contributed by atoms with Crippen molar-refractivity contribution in [2.75, 3.05) is 20.1 Å². The van der Waals surface area contributed by atoms with Gasteiger partial charge in [-0.2, -0.15) is 0 Å². The topological polar surface area (TPSA) is 75.9 Å². The second-order valence-electron chi connectivity index (χ2n) is 6.35. The molecule has 1 unspecified atom stereocenters. The van der Waals surface area contributed by atoms with Crippen molar-refractivity contribution < 1.29 is 4.79 Å². The Labute approximate surface area is 145 Å². The summed E-state index contributed by atoms with van der Waals surface area (Å²) < 4.78 is 1.72. The Bertz CT molecular complexity index is 923. The van der Waals surface area contributed by atoms with Crippen LogP contribution in [-0.2, 0) is 0 Å². The molecule has 4 rings (SSSR count). The molecule has 25 heavy (non-hydrogen) atoms. The molecule has 0 saturated carbocycles. The third-order valence-electron chi connectivity index (χ3n) is 4.85. The van der Waals surface area contributed by atoms with Crippen LogP contribution < -0.4 is 5.32 Å². The average Bonchev–Trinajstić information content (AvgIpc) is 3.30. The van der Waals surface area contributed by atoms with Crippen LogP contribution >= 0.6 is 0 Å². The van der Waals surface area contributed by atoms with Crippen LogP contribution in [0.15, 0.2) is 36.5 Å². The number of rotatable bonds is 3. The number of hydrogen-bond donors (Lipinski definition) is 1. The molecule has 7 heteroatoms. The summed E-state index contributed by atoms with van der Waals surface area (Å²) in [6, 6.07) is 9.95. The Morgan fingerprint density at radius 2 is 2.20 bits per heavy atom. The smallest absolute Gasteiger partial charge is 0.276 e. The number of fused-ring (bicyclic) bond motifs is 1. The van der Waals surface area contributed by atoms with Crippen molar-refractivity contribution in [1.82, 2.24) is 30.2 Å². The highest BCUT2D eigenvalue weighted by atomic mass is 16.2. The van der Waals surface area contributed by atoms with Crippen LogP contribution in [0.5, 0.6) is 0 Å². The van der Waals surface area contributed by atoms with Gasteiger partial charge in [-0.15, -0.1) is 5.10 Å². The molecule has 0 spiro atoms. The molecule has 0 aliphatic carbocycles. The predicted molar refractivity (Wildman–Crippen MR) is 94.8 cm³/mol. The molecule has 1 N–H and O–H groups in total. The van der Waals surface area contributed by atoms with E-state index in [0.29, 0.717) is 5.69 Å². The van der Waals surface area contributed by atoms with Gasteiger partial charge in [-0.25, -0.2) is 4.68 Å². The van der Waals surface area contributed by atoms with E-state index in [-0.39, 0.29) is 11.9 Å². The van der Waals surface area contributed by atoms with Crippen molar-refractivity contribution >= 4 is 16.8 Å². The number of likely N-dealkylation sites (N-methyl/N-ethyl adjacent to an activating group) is 1. The lowest BCUT2D eigenvalue weighted by Gasteiger charge is -2.22. The molecule has 1 aliphatic heterocycles. The van der Waals surface area contributed by atoms with Crippen molar-refractivity contribution in [3.05, 3.63) is 47.9 Å². The molecular weight excluding hydrogens is 316 g/mol. The van der Waals surface area contributed by atoms with Crippen molar-refractivity contribution in [2.24, 2.45) is 0 Å². The van der Waals surface area contributed by atoms with E-state index in [4.69, 9.17) is 0 Å². The van der Waals surface area contributed by atoms with E-state index in [0.717, 1.165) is 41.8 Å². The van der Waals surface area contributed by atoms with Gasteiger partial charge in [0.2, 0.25) is 0 Å². The fourth-order valence-corrected chi connectivity index (χ4v) is 3.33. The van der Waals surface area contributed by atoms with Crippen LogP contribution in [0.25, 0.3) is 16.6 Å². The molecule has 0 bridgehead atoms. The number of nitrogens with one attached hydrogen (secondary N) is 1. The summed E-state index contributed by atoms with van der Waals surface area (Å²) in [5.41, 5.74) is 2.89. The van der Waals surface area contributed by atoms with Gasteiger partial charge in [0.05, 0.1) is 16.9 Å². The summed E-state index contributed by atoms with van der Waals surface area (Å²) in [5, 5.41) is 12.7. The monoisotopic (exact) mass is 336 g/mol. The summed E-state index contributed by atoms with van der Waals surface area (Å²) in [6.07, 6.45) is 2.73. The van der Waals surface area contributed by atoms with E-state index in [1.807, 2.05) is 44.3 Å². The van der Waals surface area contributed by atoms with E-state index in [9.17, 15) is 4.79 Å². The van der Waals surface area contributed by atoms with E-state index in [1.165, 1.54) is 0 Å². The van der Waals surface area contributed by atoms with E-state index >= 15 is 0 Å². The fraction of sp³-hybridized carbons (Fsp3) is 0.333. The molecule has 1 fully saturated rings. The van der Waals surface area contributed by atoms with Crippen molar-refractivity contribution in [2.45, 2.75) is 19.4 Å². The summed E-state index contributed by atoms with van der Waals surface area (Å²) in [4.78, 5) is 19.0. The highest BCUT2D eigenvalue weighted by molar-refractivity contribution is 5.94. The number of carbonyl (C=O) groups excluding carboxylic acids is 1. The minimum Gasteiger partial charge on any atom is -0.336 e. The molecule has 1 aromatic carbocycles. The SMILES string of the molecule is Cc1c(C(=O)N(C)C2CCNC2)nnn1-c1cccc2ncccc12. The first-order chi connectivity index (χ1) is 12.2. The molecule has 3 aromatic rings. The maximum Gasteiger partial charge on any atom is 0.276 e. The molecule has 3 heterocycles. The summed E-state index contributed by atoms with van der Waals surface area (Å²) >= 11 is 0. The maximum absolute atomic E-state index is 12.8. The Morgan fingerprint density at radius 1 is 1.32 bits per heavy atom. The van der Waals surface area contributed by atoms with Gasteiger partial charge >= 0.3 is 0 Å². The standard InChI is InChI=1S/C18H20N6O/c1-12-17(18(25)23(2)13-8-10-19-11-13)21-22-24(12)16-7-3-6-15-14(16)5-4-9-20-15/h3-7,9,13,19H,8,10-11H2,1-2H3. The second kappa shape index (κ2) is 6.25. The predicted octanol–water partition coefficient (Wildman–Crippen LogP) is 1.56. The molecular formula is C18H20N6O. The van der Waals surface area contributed by atoms with Gasteiger partial charge in [0.25, 0.3) is 5.91 Å². The minimum absolute atomic E-state index is 0.0872. The molecule has 0 radical (unpaired) electrons. The largest absolute Gasteiger partial charge is 0.336 e. The normalized spacial score (nSPS) is 17.1. The lowest BCUT2D eigenvalue weighted by Crippen LogP contribution is -2.38. The summed E-state index contributed by atoms with van der Waals surface area (Å²) in [6.45, 7) is 3.64. The molecule has 7 nitrogen and oxygen atoms in total. The number of benzene rings is 1. The van der Waals surface area contributed by atoms with Crippen molar-refractivity contribution in [1.29, 1.82) is 0 Å². The number of aromatic nitrogens is 4. The zero-order valence-corrected chi connectivity index (χ0v) is 14.3. The Kier molecular flexibility index (Phi) is 3.93. The molecule has 128 valence electrons. The van der Waals surface area contributed by atoms with Gasteiger partial charge < -0.3 is 10.2 Å². The molecule has 1 saturated heterocycles. The quantitative estimate of drug-likeness (QED) is 0.785. The third-order valence-corrected chi connectivity index (χ3v) is 4.85. The molecule has 1 atom stereocenters. The zero-order chi connectivity index (χ0) is 17.4. The van der Waals surface area contributed by atoms with Gasteiger partial charge in [0.1, 0.15) is 0 Å². The van der Waals surface area contributed by atoms with Crippen LogP contribution in [0.3, 0.4) is 0 Å². The number of amides is 1. The number of pyridine rings is 1. The van der Waals surface area contributed by atoms with Crippen LogP contribution in [-0.4, -0.2) is 57.0 Å². The first-order valence-corrected chi connectivity index (χ1v) is 8.41. The Balaban J connectivity index is 1.72. The number of nitrogens with zero attached hydrogens (tertiary/aromatic N) is 5. The van der Waals surface area contributed by atoms with Crippen LogP contribution in [0.2, 0.25) is 0 Å². The third kappa shape index (κ3) is 2.66. The maximum atomic E-state index is 12.8. The highest BCUT2D eigenvalue weighted by Crippen LogP contribution is 2.22. The first kappa shape index (κ1) is 15.7. The van der Waals surface area contributed by atoms with Gasteiger partial charge in [0, 0.05) is 31.2 Å². The van der Waals surface area contributed by atoms with Gasteiger partial charge in [-0.05, 0) is 44.2 Å². The van der Waals surface area contributed by atoms with Gasteiger partial charge in [0.15, 0.2) is 5.69 Å². The summed E-state index contributed by atoms with van der Waals surface area (Å²) in [5.74, 6) is -0.0872. The van der Waals surface area contributed by atoms with Gasteiger partial charge in [-0.3, -0.25) is 9.78 Å². The van der Waals surface area contributed by atoms with Crippen molar-refractivity contribution in [3.63, 3.8) is 0 Å². The first-order valence-electron chi connectivity index (χ1n) is 8.41. The second-order valence-corrected chi connectivity index (χ2v) is 6.35. The fourth-order valence-electron chi connectivity index (χ4n) is 3.33. The molecule has 1 aliphatic rings. The van der Waals surface area contributed by atoms with Crippen LogP contribution in [0, 0.1) is 6.92 Å². The van der Waals surface area contributed by atoms with Crippen LogP contribution in [0.1, 0.15) is 22.6 Å². The molecule has 2 aromatic heterocycles. The molecule has 1 amide bonds. The highest BCUT2D eigenvalue weighted by Gasteiger charge is 2.27. The van der Waals surface area contributed by atoms with Crippen molar-refractivity contribution in [3.8, 4) is 5.69 Å². The van der Waals surface area contributed by atoms with Crippen LogP contribution in [0.4, 0.5) is 0 Å². The van der Waals surface area contributed by atoms with E-state index in [2.05, 4.69) is 20.6 Å². The Morgan fingerprint density at radius 3 is 3.00 bits per heavy atom. The minimum atomic E-state index is -0.0872. The average molecular weight is 336 g/mol. The number of carbonyl (C=O) groups is 1. The lowest BCUT2D eigenvalue weighted by molar-refractivity contribution is 0.0737.